The van der Waals surface area contributed by atoms with Crippen molar-refractivity contribution >= 4 is 6.09 Å². The third kappa shape index (κ3) is 7.16. The summed E-state index contributed by atoms with van der Waals surface area (Å²) >= 11 is 0. The van der Waals surface area contributed by atoms with Gasteiger partial charge >= 0.3 is 6.09 Å². The Hall–Kier alpha value is -0.810. The van der Waals surface area contributed by atoms with Crippen molar-refractivity contribution in [3.63, 3.8) is 0 Å². The highest BCUT2D eigenvalue weighted by Gasteiger charge is 2.21. The molecule has 0 aromatic rings. The number of methoxy groups -OCH3 is 1. The minimum atomic E-state index is -0.683. The topological polar surface area (TPSA) is 67.8 Å². The second kappa shape index (κ2) is 5.92. The van der Waals surface area contributed by atoms with Gasteiger partial charge in [-0.2, -0.15) is 0 Å². The van der Waals surface area contributed by atoms with Crippen LogP contribution in [-0.4, -0.2) is 42.7 Å². The number of ether oxygens (including phenoxy) is 2. The van der Waals surface area contributed by atoms with Crippen molar-refractivity contribution in [1.82, 2.24) is 5.32 Å². The van der Waals surface area contributed by atoms with E-state index in [1.165, 1.54) is 7.11 Å². The summed E-state index contributed by atoms with van der Waals surface area (Å²) < 4.78 is 9.91. The largest absolute Gasteiger partial charge is 0.444 e. The third-order valence-electron chi connectivity index (χ3n) is 1.63. The minimum absolute atomic E-state index is 0.247. The van der Waals surface area contributed by atoms with Crippen molar-refractivity contribution in [3.05, 3.63) is 0 Å². The standard InChI is InChI=1S/C10H21NO4/c1-7(12)8(6-14-5)11-9(13)15-10(2,3)4/h7-8,12H,6H2,1-5H3,(H,11,13)/t7?,8-/m0/s1. The van der Waals surface area contributed by atoms with Gasteiger partial charge in [-0.15, -0.1) is 0 Å². The highest BCUT2D eigenvalue weighted by atomic mass is 16.6. The molecular weight excluding hydrogens is 198 g/mol. The predicted molar refractivity (Wildman–Crippen MR) is 56.7 cm³/mol. The van der Waals surface area contributed by atoms with Crippen LogP contribution in [-0.2, 0) is 9.47 Å². The second-order valence-electron chi connectivity index (χ2n) is 4.45. The number of nitrogens with one attached hydrogen (secondary N) is 1. The third-order valence-corrected chi connectivity index (χ3v) is 1.63. The summed E-state index contributed by atoms with van der Waals surface area (Å²) in [4.78, 5) is 11.3. The van der Waals surface area contributed by atoms with Gasteiger partial charge in [0, 0.05) is 7.11 Å². The van der Waals surface area contributed by atoms with Gasteiger partial charge in [-0.3, -0.25) is 0 Å². The average Bonchev–Trinajstić information content (AvgIpc) is 1.99. The van der Waals surface area contributed by atoms with E-state index in [1.54, 1.807) is 27.7 Å². The lowest BCUT2D eigenvalue weighted by molar-refractivity contribution is 0.0336. The van der Waals surface area contributed by atoms with Gasteiger partial charge in [0.15, 0.2) is 0 Å². The summed E-state index contributed by atoms with van der Waals surface area (Å²) in [5.41, 5.74) is -0.541. The molecule has 0 rings (SSSR count). The molecular formula is C10H21NO4. The maximum atomic E-state index is 11.3. The molecule has 5 heteroatoms. The van der Waals surface area contributed by atoms with Crippen LogP contribution in [0.1, 0.15) is 27.7 Å². The Morgan fingerprint density at radius 2 is 2.00 bits per heavy atom. The lowest BCUT2D eigenvalue weighted by Gasteiger charge is -2.24. The molecule has 0 fully saturated rings. The number of alkyl carbamates (subject to hydrolysis) is 1. The smallest absolute Gasteiger partial charge is 0.408 e. The van der Waals surface area contributed by atoms with E-state index in [9.17, 15) is 9.90 Å². The number of rotatable bonds is 4. The fraction of sp³-hybridized carbons (Fsp3) is 0.900. The van der Waals surface area contributed by atoms with Gasteiger partial charge in [-0.05, 0) is 27.7 Å². The van der Waals surface area contributed by atoms with Crippen LogP contribution in [0.5, 0.6) is 0 Å². The van der Waals surface area contributed by atoms with E-state index in [2.05, 4.69) is 5.32 Å². The van der Waals surface area contributed by atoms with Crippen molar-refractivity contribution in [2.75, 3.05) is 13.7 Å². The number of hydrogen-bond acceptors (Lipinski definition) is 4. The minimum Gasteiger partial charge on any atom is -0.444 e. The average molecular weight is 219 g/mol. The molecule has 0 aliphatic heterocycles. The fourth-order valence-electron chi connectivity index (χ4n) is 0.940. The molecule has 0 aromatic carbocycles. The number of carbonyl (C=O) groups is 1. The van der Waals surface area contributed by atoms with Crippen molar-refractivity contribution in [2.24, 2.45) is 0 Å². The number of carbonyl (C=O) groups excluding carboxylic acids is 1. The van der Waals surface area contributed by atoms with Gasteiger partial charge in [-0.1, -0.05) is 0 Å². The highest BCUT2D eigenvalue weighted by molar-refractivity contribution is 5.68. The van der Waals surface area contributed by atoms with Crippen LogP contribution in [0.4, 0.5) is 4.79 Å². The summed E-state index contributed by atoms with van der Waals surface area (Å²) in [6, 6.07) is -0.454. The molecule has 2 N–H and O–H groups in total. The van der Waals surface area contributed by atoms with Crippen LogP contribution in [0.2, 0.25) is 0 Å². The summed E-state index contributed by atoms with van der Waals surface area (Å²) in [6.07, 6.45) is -1.23. The Morgan fingerprint density at radius 1 is 1.47 bits per heavy atom. The van der Waals surface area contributed by atoms with Crippen LogP contribution in [0.15, 0.2) is 0 Å². The fourth-order valence-corrected chi connectivity index (χ4v) is 0.940. The molecule has 0 saturated heterocycles. The molecule has 0 bridgehead atoms. The summed E-state index contributed by atoms with van der Waals surface area (Å²) in [5, 5.41) is 11.9. The van der Waals surface area contributed by atoms with Crippen molar-refractivity contribution in [1.29, 1.82) is 0 Å². The lowest BCUT2D eigenvalue weighted by atomic mass is 10.2. The zero-order chi connectivity index (χ0) is 12.1. The van der Waals surface area contributed by atoms with E-state index in [0.717, 1.165) is 0 Å². The molecule has 0 aromatic heterocycles. The van der Waals surface area contributed by atoms with E-state index in [-0.39, 0.29) is 6.61 Å². The zero-order valence-electron chi connectivity index (χ0n) is 10.0. The Balaban J connectivity index is 4.11. The molecule has 2 atom stereocenters. The molecule has 0 aliphatic carbocycles. The Bertz CT molecular complexity index is 198. The highest BCUT2D eigenvalue weighted by Crippen LogP contribution is 2.07. The zero-order valence-corrected chi connectivity index (χ0v) is 10.0. The van der Waals surface area contributed by atoms with Crippen LogP contribution in [0.3, 0.4) is 0 Å². The molecule has 5 nitrogen and oxygen atoms in total. The normalized spacial score (nSPS) is 15.6. The van der Waals surface area contributed by atoms with Crippen molar-refractivity contribution < 1.29 is 19.4 Å². The SMILES string of the molecule is COC[C@H](NC(=O)OC(C)(C)C)C(C)O. The summed E-state index contributed by atoms with van der Waals surface area (Å²) in [6.45, 7) is 7.17. The van der Waals surface area contributed by atoms with Gasteiger partial charge in [-0.25, -0.2) is 4.79 Å². The number of aliphatic hydroxyl groups is 1. The number of amides is 1. The van der Waals surface area contributed by atoms with Crippen LogP contribution < -0.4 is 5.32 Å². The Morgan fingerprint density at radius 3 is 2.33 bits per heavy atom. The Labute approximate surface area is 90.8 Å². The number of hydrogen-bond donors (Lipinski definition) is 2. The molecule has 90 valence electrons. The first-order valence-electron chi connectivity index (χ1n) is 4.93. The molecule has 0 radical (unpaired) electrons. The van der Waals surface area contributed by atoms with Crippen molar-refractivity contribution in [3.8, 4) is 0 Å². The van der Waals surface area contributed by atoms with Gasteiger partial charge in [0.2, 0.25) is 0 Å². The van der Waals surface area contributed by atoms with Crippen LogP contribution >= 0.6 is 0 Å². The van der Waals surface area contributed by atoms with E-state index in [0.29, 0.717) is 0 Å². The molecule has 0 heterocycles. The second-order valence-corrected chi connectivity index (χ2v) is 4.45. The van der Waals surface area contributed by atoms with Crippen LogP contribution in [0.25, 0.3) is 0 Å². The maximum Gasteiger partial charge on any atom is 0.408 e. The molecule has 15 heavy (non-hydrogen) atoms. The van der Waals surface area contributed by atoms with E-state index >= 15 is 0 Å². The maximum absolute atomic E-state index is 11.3. The Kier molecular flexibility index (Phi) is 5.60. The van der Waals surface area contributed by atoms with Gasteiger partial charge < -0.3 is 19.9 Å². The quantitative estimate of drug-likeness (QED) is 0.737. The van der Waals surface area contributed by atoms with Gasteiger partial charge in [0.05, 0.1) is 18.8 Å². The predicted octanol–water partition coefficient (Wildman–Crippen LogP) is 0.907. The number of aliphatic hydroxyl groups excluding tert-OH is 1. The molecule has 0 spiro atoms. The summed E-state index contributed by atoms with van der Waals surface area (Å²) in [7, 11) is 1.51. The first-order valence-corrected chi connectivity index (χ1v) is 4.93. The lowest BCUT2D eigenvalue weighted by Crippen LogP contribution is -2.46. The van der Waals surface area contributed by atoms with E-state index < -0.39 is 23.8 Å². The van der Waals surface area contributed by atoms with Gasteiger partial charge in [0.1, 0.15) is 5.60 Å². The monoisotopic (exact) mass is 219 g/mol. The van der Waals surface area contributed by atoms with E-state index in [4.69, 9.17) is 9.47 Å². The molecule has 0 aliphatic rings. The summed E-state index contributed by atoms with van der Waals surface area (Å²) in [5.74, 6) is 0. The molecule has 1 unspecified atom stereocenters. The van der Waals surface area contributed by atoms with Crippen molar-refractivity contribution in [2.45, 2.75) is 45.4 Å². The van der Waals surface area contributed by atoms with Crippen LogP contribution in [0, 0.1) is 0 Å². The first-order chi connectivity index (χ1) is 6.76. The van der Waals surface area contributed by atoms with E-state index in [1.807, 2.05) is 0 Å². The molecule has 1 amide bonds. The van der Waals surface area contributed by atoms with Gasteiger partial charge in [0.25, 0.3) is 0 Å². The molecule has 0 saturated carbocycles. The first kappa shape index (κ1) is 14.2.